The highest BCUT2D eigenvalue weighted by atomic mass is 32.3. The highest BCUT2D eigenvalue weighted by Crippen LogP contribution is 2.47. The number of benzene rings is 3. The average Bonchev–Trinajstić information content (AvgIpc) is 3.76. The molecule has 1 aromatic heterocycles. The molecular formula is C28H26FN3O9S. The topological polar surface area (TPSA) is 173 Å². The molecule has 0 bridgehead atoms. The molecule has 1 heterocycles. The molecule has 1 fully saturated rings. The van der Waals surface area contributed by atoms with Gasteiger partial charge in [0.2, 0.25) is 11.8 Å². The summed E-state index contributed by atoms with van der Waals surface area (Å²) >= 11 is 0. The summed E-state index contributed by atoms with van der Waals surface area (Å²) in [5.41, 5.74) is 0.517. The van der Waals surface area contributed by atoms with Crippen molar-refractivity contribution in [2.45, 2.75) is 12.8 Å². The van der Waals surface area contributed by atoms with Crippen molar-refractivity contribution >= 4 is 44.5 Å². The van der Waals surface area contributed by atoms with E-state index in [9.17, 15) is 14.0 Å². The molecule has 5 rings (SSSR count). The molecule has 12 nitrogen and oxygen atoms in total. The predicted octanol–water partition coefficient (Wildman–Crippen LogP) is 4.89. The molecule has 0 radical (unpaired) electrons. The maximum atomic E-state index is 13.1. The summed E-state index contributed by atoms with van der Waals surface area (Å²) in [5, 5.41) is 6.26. The molecule has 0 spiro atoms. The lowest BCUT2D eigenvalue weighted by Crippen LogP contribution is -2.35. The lowest BCUT2D eigenvalue weighted by molar-refractivity contribution is -0.131. The third-order valence-electron chi connectivity index (χ3n) is 6.27. The van der Waals surface area contributed by atoms with Crippen LogP contribution in [0.3, 0.4) is 0 Å². The van der Waals surface area contributed by atoms with E-state index >= 15 is 0 Å². The van der Waals surface area contributed by atoms with Crippen molar-refractivity contribution in [1.82, 2.24) is 4.98 Å². The van der Waals surface area contributed by atoms with Gasteiger partial charge < -0.3 is 24.8 Å². The van der Waals surface area contributed by atoms with Crippen molar-refractivity contribution in [3.8, 4) is 23.0 Å². The molecular weight excluding hydrogens is 573 g/mol. The smallest absolute Gasteiger partial charge is 0.394 e. The Morgan fingerprint density at radius 2 is 1.33 bits per heavy atom. The summed E-state index contributed by atoms with van der Waals surface area (Å²) in [6.45, 7) is 0. The first kappa shape index (κ1) is 30.2. The van der Waals surface area contributed by atoms with E-state index in [1.807, 2.05) is 0 Å². The number of ether oxygens (including phenoxy) is 3. The predicted molar refractivity (Wildman–Crippen MR) is 151 cm³/mol. The third-order valence-corrected chi connectivity index (χ3v) is 6.27. The average molecular weight is 600 g/mol. The Labute approximate surface area is 240 Å². The number of nitrogens with one attached hydrogen (secondary N) is 2. The van der Waals surface area contributed by atoms with Crippen molar-refractivity contribution in [3.63, 3.8) is 0 Å². The number of halogens is 1. The molecule has 3 aromatic carbocycles. The normalized spacial score (nSPS) is 13.3. The zero-order valence-corrected chi connectivity index (χ0v) is 23.1. The van der Waals surface area contributed by atoms with Crippen molar-refractivity contribution in [2.75, 3.05) is 24.9 Å². The molecule has 220 valence electrons. The van der Waals surface area contributed by atoms with Gasteiger partial charge in [0, 0.05) is 29.0 Å². The van der Waals surface area contributed by atoms with E-state index in [1.54, 1.807) is 62.9 Å². The molecule has 4 aromatic rings. The van der Waals surface area contributed by atoms with E-state index in [2.05, 4.69) is 15.6 Å². The molecule has 14 heteroatoms. The zero-order chi connectivity index (χ0) is 30.5. The van der Waals surface area contributed by atoms with Crippen LogP contribution >= 0.6 is 0 Å². The molecule has 0 atom stereocenters. The van der Waals surface area contributed by atoms with E-state index in [4.69, 9.17) is 31.7 Å². The van der Waals surface area contributed by atoms with Gasteiger partial charge in [-0.05, 0) is 73.5 Å². The number of hydrogen-bond acceptors (Lipinski definition) is 8. The summed E-state index contributed by atoms with van der Waals surface area (Å²) in [6.07, 6.45) is 2.52. The van der Waals surface area contributed by atoms with Crippen molar-refractivity contribution in [3.05, 3.63) is 78.7 Å². The van der Waals surface area contributed by atoms with E-state index < -0.39 is 27.5 Å². The number of carbonyl (C=O) groups is 2. The summed E-state index contributed by atoms with van der Waals surface area (Å²) in [4.78, 5) is 30.1. The molecule has 1 aliphatic carbocycles. The highest BCUT2D eigenvalue weighted by Gasteiger charge is 2.56. The van der Waals surface area contributed by atoms with Gasteiger partial charge in [-0.15, -0.1) is 0 Å². The SMILES string of the molecule is COc1cc2nccc(Oc3ccc(NC(=O)C4(C(=O)Nc5ccc(F)cc5)CC4)cc3)c2cc1OC.O=S(=O)(O)O. The number of fused-ring (bicyclic) bond motifs is 1. The fourth-order valence-electron chi connectivity index (χ4n) is 3.99. The number of pyridine rings is 1. The number of amides is 2. The second-order valence-corrected chi connectivity index (χ2v) is 10.0. The molecule has 0 aliphatic heterocycles. The number of hydrogen-bond donors (Lipinski definition) is 4. The minimum atomic E-state index is -4.67. The van der Waals surface area contributed by atoms with Gasteiger partial charge in [0.25, 0.3) is 0 Å². The van der Waals surface area contributed by atoms with Gasteiger partial charge in [-0.1, -0.05) is 0 Å². The summed E-state index contributed by atoms with van der Waals surface area (Å²) in [7, 11) is -1.54. The van der Waals surface area contributed by atoms with Gasteiger partial charge in [0.15, 0.2) is 11.5 Å². The minimum Gasteiger partial charge on any atom is -0.493 e. The third kappa shape index (κ3) is 7.48. The first-order valence-electron chi connectivity index (χ1n) is 12.3. The molecule has 1 aliphatic rings. The number of anilines is 2. The first-order chi connectivity index (χ1) is 19.9. The monoisotopic (exact) mass is 599 g/mol. The van der Waals surface area contributed by atoms with Crippen LogP contribution in [-0.2, 0) is 20.0 Å². The van der Waals surface area contributed by atoms with Crippen LogP contribution in [0.4, 0.5) is 15.8 Å². The van der Waals surface area contributed by atoms with E-state index in [1.165, 1.54) is 24.3 Å². The van der Waals surface area contributed by atoms with Gasteiger partial charge in [0.05, 0.1) is 19.7 Å². The Morgan fingerprint density at radius 1 is 0.833 bits per heavy atom. The number of nitrogens with zero attached hydrogens (tertiary/aromatic N) is 1. The van der Waals surface area contributed by atoms with Crippen LogP contribution in [-0.4, -0.2) is 48.5 Å². The lowest BCUT2D eigenvalue weighted by Gasteiger charge is -2.16. The fraction of sp³-hybridized carbons (Fsp3) is 0.179. The van der Waals surface area contributed by atoms with Crippen LogP contribution < -0.4 is 24.8 Å². The second kappa shape index (κ2) is 12.4. The van der Waals surface area contributed by atoms with Gasteiger partial charge in [-0.3, -0.25) is 23.7 Å². The number of methoxy groups -OCH3 is 2. The van der Waals surface area contributed by atoms with Crippen LogP contribution in [0.1, 0.15) is 12.8 Å². The maximum absolute atomic E-state index is 13.1. The van der Waals surface area contributed by atoms with Gasteiger partial charge in [-0.25, -0.2) is 4.39 Å². The largest absolute Gasteiger partial charge is 0.493 e. The van der Waals surface area contributed by atoms with E-state index in [0.717, 1.165) is 5.39 Å². The molecule has 0 saturated heterocycles. The number of aromatic nitrogens is 1. The van der Waals surface area contributed by atoms with Gasteiger partial charge >= 0.3 is 10.4 Å². The maximum Gasteiger partial charge on any atom is 0.394 e. The van der Waals surface area contributed by atoms with Crippen LogP contribution in [0.25, 0.3) is 10.9 Å². The Bertz CT molecular complexity index is 1700. The van der Waals surface area contributed by atoms with Crippen molar-refractivity contribution in [2.24, 2.45) is 5.41 Å². The molecule has 42 heavy (non-hydrogen) atoms. The minimum absolute atomic E-state index is 0.387. The second-order valence-electron chi connectivity index (χ2n) is 9.10. The van der Waals surface area contributed by atoms with E-state index in [-0.39, 0.29) is 5.91 Å². The van der Waals surface area contributed by atoms with Crippen LogP contribution in [0.2, 0.25) is 0 Å². The Morgan fingerprint density at radius 3 is 1.83 bits per heavy atom. The standard InChI is InChI=1S/C28H24FN3O5.H2O4S/c1-35-24-15-21-22(16-25(24)36-2)30-14-11-23(21)37-20-9-7-19(8-10-20)32-27(34)28(12-13-28)26(33)31-18-5-3-17(29)4-6-18;1-5(2,3)4/h3-11,14-16H,12-13H2,1-2H3,(H,31,33)(H,32,34);(H2,1,2,3,4). The summed E-state index contributed by atoms with van der Waals surface area (Å²) in [6, 6.07) is 17.6. The van der Waals surface area contributed by atoms with Crippen LogP contribution in [0.15, 0.2) is 72.9 Å². The van der Waals surface area contributed by atoms with Gasteiger partial charge in [-0.2, -0.15) is 8.42 Å². The van der Waals surface area contributed by atoms with Gasteiger partial charge in [0.1, 0.15) is 22.7 Å². The zero-order valence-electron chi connectivity index (χ0n) is 22.3. The highest BCUT2D eigenvalue weighted by molar-refractivity contribution is 7.79. The summed E-state index contributed by atoms with van der Waals surface area (Å²) in [5.74, 6) is 1.06. The fourth-order valence-corrected chi connectivity index (χ4v) is 3.99. The van der Waals surface area contributed by atoms with Crippen molar-refractivity contribution in [1.29, 1.82) is 0 Å². The number of carbonyl (C=O) groups excluding carboxylic acids is 2. The Balaban J connectivity index is 0.000000748. The van der Waals surface area contributed by atoms with Crippen molar-refractivity contribution < 1.29 is 45.7 Å². The summed E-state index contributed by atoms with van der Waals surface area (Å²) < 4.78 is 61.5. The molecule has 0 unspecified atom stereocenters. The van der Waals surface area contributed by atoms with E-state index in [0.29, 0.717) is 52.7 Å². The first-order valence-corrected chi connectivity index (χ1v) is 13.7. The molecule has 2 amide bonds. The Kier molecular flexibility index (Phi) is 8.90. The van der Waals surface area contributed by atoms with Crippen LogP contribution in [0, 0.1) is 11.2 Å². The molecule has 4 N–H and O–H groups in total. The molecule has 1 saturated carbocycles. The Hall–Kier alpha value is -4.79. The lowest BCUT2D eigenvalue weighted by atomic mass is 10.0. The quantitative estimate of drug-likeness (QED) is 0.161. The number of rotatable bonds is 8. The van der Waals surface area contributed by atoms with Crippen LogP contribution in [0.5, 0.6) is 23.0 Å².